The van der Waals surface area contributed by atoms with Gasteiger partial charge in [0.05, 0.1) is 17.0 Å². The van der Waals surface area contributed by atoms with Gasteiger partial charge in [0.1, 0.15) is 0 Å². The summed E-state index contributed by atoms with van der Waals surface area (Å²) in [5.41, 5.74) is 1.86. The van der Waals surface area contributed by atoms with Crippen molar-refractivity contribution in [3.05, 3.63) is 24.3 Å². The van der Waals surface area contributed by atoms with Crippen molar-refractivity contribution >= 4 is 28.8 Å². The largest absolute Gasteiger partial charge is 0.382 e. The highest BCUT2D eigenvalue weighted by Gasteiger charge is 2.30. The van der Waals surface area contributed by atoms with E-state index in [-0.39, 0.29) is 23.7 Å². The smallest absolute Gasteiger partial charge is 0.231 e. The van der Waals surface area contributed by atoms with Crippen LogP contribution in [-0.2, 0) is 20.9 Å². The Hall–Kier alpha value is -2.41. The molecule has 3 rings (SSSR count). The van der Waals surface area contributed by atoms with Gasteiger partial charge in [-0.15, -0.1) is 0 Å². The second kappa shape index (κ2) is 10.6. The summed E-state index contributed by atoms with van der Waals surface area (Å²) < 4.78 is 7.52. The van der Waals surface area contributed by atoms with Crippen LogP contribution in [0.25, 0.3) is 11.0 Å². The molecule has 1 aliphatic heterocycles. The van der Waals surface area contributed by atoms with Crippen molar-refractivity contribution in [3.63, 3.8) is 0 Å². The number of likely N-dealkylation sites (tertiary alicyclic amines) is 1. The number of hydrogen-bond donors (Lipinski definition) is 1. The number of carbonyl (C=O) groups is 2. The van der Waals surface area contributed by atoms with Gasteiger partial charge >= 0.3 is 0 Å². The first-order valence-corrected chi connectivity index (χ1v) is 11.2. The fourth-order valence-electron chi connectivity index (χ4n) is 3.96. The van der Waals surface area contributed by atoms with Crippen LogP contribution in [0.4, 0.5) is 5.95 Å². The number of aromatic nitrogens is 2. The van der Waals surface area contributed by atoms with E-state index in [0.717, 1.165) is 49.8 Å². The summed E-state index contributed by atoms with van der Waals surface area (Å²) in [6, 6.07) is 7.90. The minimum Gasteiger partial charge on any atom is -0.382 e. The third-order valence-electron chi connectivity index (χ3n) is 5.90. The maximum atomic E-state index is 13.1. The molecule has 2 heterocycles. The van der Waals surface area contributed by atoms with Gasteiger partial charge in [-0.2, -0.15) is 0 Å². The lowest BCUT2D eigenvalue weighted by Crippen LogP contribution is -2.45. The predicted molar refractivity (Wildman–Crippen MR) is 118 cm³/mol. The van der Waals surface area contributed by atoms with Crippen molar-refractivity contribution < 1.29 is 14.3 Å². The number of amides is 2. The number of rotatable bonds is 9. The molecular formula is C23H34N4O3. The maximum absolute atomic E-state index is 13.1. The topological polar surface area (TPSA) is 76.5 Å². The molecular weight excluding hydrogens is 380 g/mol. The van der Waals surface area contributed by atoms with Gasteiger partial charge in [-0.1, -0.05) is 26.0 Å². The van der Waals surface area contributed by atoms with Crippen molar-refractivity contribution in [2.45, 2.75) is 53.0 Å². The van der Waals surface area contributed by atoms with Crippen molar-refractivity contribution in [2.75, 3.05) is 31.6 Å². The monoisotopic (exact) mass is 414 g/mol. The fourth-order valence-corrected chi connectivity index (χ4v) is 3.96. The molecule has 0 radical (unpaired) electrons. The van der Waals surface area contributed by atoms with Crippen molar-refractivity contribution in [1.29, 1.82) is 0 Å². The zero-order valence-electron chi connectivity index (χ0n) is 18.4. The normalized spacial score (nSPS) is 17.8. The van der Waals surface area contributed by atoms with E-state index in [1.165, 1.54) is 0 Å². The summed E-state index contributed by atoms with van der Waals surface area (Å²) in [5, 5.41) is 3.05. The van der Waals surface area contributed by atoms with Gasteiger partial charge in [0.15, 0.2) is 0 Å². The Kier molecular flexibility index (Phi) is 7.85. The molecule has 2 atom stereocenters. The molecule has 1 fully saturated rings. The second-order valence-electron chi connectivity index (χ2n) is 8.05. The molecule has 2 unspecified atom stereocenters. The van der Waals surface area contributed by atoms with E-state index in [2.05, 4.69) is 14.9 Å². The third kappa shape index (κ3) is 5.19. The van der Waals surface area contributed by atoms with Crippen LogP contribution < -0.4 is 5.32 Å². The highest BCUT2D eigenvalue weighted by molar-refractivity contribution is 5.93. The average Bonchev–Trinajstić information content (AvgIpc) is 3.12. The molecule has 0 bridgehead atoms. The van der Waals surface area contributed by atoms with E-state index in [9.17, 15) is 9.59 Å². The van der Waals surface area contributed by atoms with Crippen LogP contribution >= 0.6 is 0 Å². The number of benzene rings is 1. The number of anilines is 1. The number of ether oxygens (including phenoxy) is 1. The van der Waals surface area contributed by atoms with Crippen LogP contribution in [0.15, 0.2) is 24.3 Å². The summed E-state index contributed by atoms with van der Waals surface area (Å²) in [6.07, 6.45) is 3.31. The van der Waals surface area contributed by atoms with Gasteiger partial charge < -0.3 is 14.2 Å². The summed E-state index contributed by atoms with van der Waals surface area (Å²) in [6.45, 7) is 9.27. The van der Waals surface area contributed by atoms with E-state index in [1.807, 2.05) is 49.9 Å². The minimum atomic E-state index is -0.205. The van der Waals surface area contributed by atoms with Crippen LogP contribution in [0.1, 0.15) is 46.5 Å². The second-order valence-corrected chi connectivity index (χ2v) is 8.05. The molecule has 1 aliphatic rings. The fraction of sp³-hybridized carbons (Fsp3) is 0.609. The lowest BCUT2D eigenvalue weighted by atomic mass is 9.95. The van der Waals surface area contributed by atoms with Crippen molar-refractivity contribution in [1.82, 2.24) is 14.5 Å². The summed E-state index contributed by atoms with van der Waals surface area (Å²) in [5.74, 6) is 0.462. The Balaban J connectivity index is 1.71. The summed E-state index contributed by atoms with van der Waals surface area (Å²) in [7, 11) is 0. The first-order valence-electron chi connectivity index (χ1n) is 11.2. The molecule has 7 heteroatoms. The number of aryl methyl sites for hydroxylation is 1. The van der Waals surface area contributed by atoms with E-state index in [4.69, 9.17) is 4.74 Å². The van der Waals surface area contributed by atoms with Crippen molar-refractivity contribution in [2.24, 2.45) is 11.8 Å². The Bertz CT molecular complexity index is 863. The highest BCUT2D eigenvalue weighted by Crippen LogP contribution is 2.24. The maximum Gasteiger partial charge on any atom is 0.231 e. The zero-order chi connectivity index (χ0) is 21.5. The number of nitrogens with one attached hydrogen (secondary N) is 1. The lowest BCUT2D eigenvalue weighted by molar-refractivity contribution is -0.138. The molecule has 1 N–H and O–H groups in total. The standard InChI is InChI=1S/C23H34N4O3/c1-4-17(3)22(29)26-13-8-10-18(16-26)21(28)25-23-24-19-11-6-7-12-20(19)27(23)14-9-15-30-5-2/h6-7,11-12,17-18H,4-5,8-10,13-16H2,1-3H3,(H,24,25,28). The summed E-state index contributed by atoms with van der Waals surface area (Å²) in [4.78, 5) is 32.1. The number of hydrogen-bond acceptors (Lipinski definition) is 4. The van der Waals surface area contributed by atoms with Gasteiger partial charge in [0.25, 0.3) is 0 Å². The van der Waals surface area contributed by atoms with Gasteiger partial charge in [0, 0.05) is 38.8 Å². The van der Waals surface area contributed by atoms with Gasteiger partial charge in [-0.25, -0.2) is 4.98 Å². The minimum absolute atomic E-state index is 0.00125. The predicted octanol–water partition coefficient (Wildman–Crippen LogP) is 3.69. The molecule has 7 nitrogen and oxygen atoms in total. The van der Waals surface area contributed by atoms with Gasteiger partial charge in [0.2, 0.25) is 17.8 Å². The number of carbonyl (C=O) groups excluding carboxylic acids is 2. The molecule has 30 heavy (non-hydrogen) atoms. The number of nitrogens with zero attached hydrogens (tertiary/aromatic N) is 3. The molecule has 2 amide bonds. The van der Waals surface area contributed by atoms with E-state index >= 15 is 0 Å². The van der Waals surface area contributed by atoms with Crippen LogP contribution in [0, 0.1) is 11.8 Å². The zero-order valence-corrected chi connectivity index (χ0v) is 18.4. The summed E-state index contributed by atoms with van der Waals surface area (Å²) >= 11 is 0. The highest BCUT2D eigenvalue weighted by atomic mass is 16.5. The van der Waals surface area contributed by atoms with Crippen LogP contribution in [0.3, 0.4) is 0 Å². The quantitative estimate of drug-likeness (QED) is 0.635. The van der Waals surface area contributed by atoms with E-state index in [0.29, 0.717) is 25.7 Å². The van der Waals surface area contributed by atoms with E-state index < -0.39 is 0 Å². The SMILES string of the molecule is CCOCCCn1c(NC(=O)C2CCCN(C(=O)C(C)CC)C2)nc2ccccc21. The number of para-hydroxylation sites is 2. The average molecular weight is 415 g/mol. The Morgan fingerprint density at radius 2 is 2.10 bits per heavy atom. The Morgan fingerprint density at radius 1 is 1.30 bits per heavy atom. The van der Waals surface area contributed by atoms with Gasteiger partial charge in [-0.3, -0.25) is 14.9 Å². The Morgan fingerprint density at radius 3 is 2.87 bits per heavy atom. The van der Waals surface area contributed by atoms with Crippen LogP contribution in [0.2, 0.25) is 0 Å². The van der Waals surface area contributed by atoms with Crippen LogP contribution in [0.5, 0.6) is 0 Å². The lowest BCUT2D eigenvalue weighted by Gasteiger charge is -2.33. The number of imidazole rings is 1. The molecule has 1 saturated heterocycles. The molecule has 1 aromatic heterocycles. The molecule has 164 valence electrons. The first kappa shape index (κ1) is 22.3. The third-order valence-corrected chi connectivity index (χ3v) is 5.90. The molecule has 0 saturated carbocycles. The Labute approximate surface area is 178 Å². The number of piperidine rings is 1. The first-order chi connectivity index (χ1) is 14.5. The molecule has 2 aromatic rings. The number of fused-ring (bicyclic) bond motifs is 1. The molecule has 0 spiro atoms. The van der Waals surface area contributed by atoms with E-state index in [1.54, 1.807) is 0 Å². The van der Waals surface area contributed by atoms with Crippen molar-refractivity contribution in [3.8, 4) is 0 Å². The molecule has 0 aliphatic carbocycles. The van der Waals surface area contributed by atoms with Gasteiger partial charge in [-0.05, 0) is 44.7 Å². The van der Waals surface area contributed by atoms with Crippen LogP contribution in [-0.4, -0.2) is 52.6 Å². The molecule has 1 aromatic carbocycles.